The maximum Gasteiger partial charge on any atom is 0.325 e. The molecule has 7 heteroatoms. The van der Waals surface area contributed by atoms with Crippen LogP contribution in [-0.4, -0.2) is 35.6 Å². The summed E-state index contributed by atoms with van der Waals surface area (Å²) in [7, 11) is 0. The molecule has 0 fully saturated rings. The lowest BCUT2D eigenvalue weighted by atomic mass is 10.2. The van der Waals surface area contributed by atoms with E-state index >= 15 is 0 Å². The Bertz CT molecular complexity index is 818. The summed E-state index contributed by atoms with van der Waals surface area (Å²) in [6.07, 6.45) is 1.89. The Labute approximate surface area is 120 Å². The Kier molecular flexibility index (Phi) is 3.17. The lowest BCUT2D eigenvalue weighted by Gasteiger charge is -2.01. The summed E-state index contributed by atoms with van der Waals surface area (Å²) < 4.78 is 3.23. The van der Waals surface area contributed by atoms with Crippen molar-refractivity contribution in [3.63, 3.8) is 0 Å². The highest BCUT2D eigenvalue weighted by molar-refractivity contribution is 5.82. The van der Waals surface area contributed by atoms with Gasteiger partial charge in [-0.1, -0.05) is 0 Å². The van der Waals surface area contributed by atoms with E-state index in [2.05, 4.69) is 15.2 Å². The van der Waals surface area contributed by atoms with Crippen LogP contribution in [0.1, 0.15) is 12.6 Å². The number of carboxylic acid groups (broad SMARTS) is 1. The number of fused-ring (bicyclic) bond motifs is 1. The van der Waals surface area contributed by atoms with Gasteiger partial charge in [0.1, 0.15) is 12.2 Å². The molecule has 0 unspecified atom stereocenters. The van der Waals surface area contributed by atoms with Crippen molar-refractivity contribution < 1.29 is 9.90 Å². The second-order valence-electron chi connectivity index (χ2n) is 4.76. The fraction of sp³-hybridized carbons (Fsp3) is 0.286. The lowest BCUT2D eigenvalue weighted by Crippen LogP contribution is -2.10. The molecule has 3 heterocycles. The van der Waals surface area contributed by atoms with Crippen molar-refractivity contribution in [1.82, 2.24) is 24.5 Å². The van der Waals surface area contributed by atoms with Crippen molar-refractivity contribution in [3.8, 4) is 11.4 Å². The van der Waals surface area contributed by atoms with Crippen LogP contribution in [-0.2, 0) is 17.9 Å². The average molecular weight is 285 g/mol. The predicted molar refractivity (Wildman–Crippen MR) is 76.8 cm³/mol. The highest BCUT2D eigenvalue weighted by Gasteiger charge is 2.13. The van der Waals surface area contributed by atoms with E-state index in [1.54, 1.807) is 0 Å². The Morgan fingerprint density at radius 2 is 2.05 bits per heavy atom. The molecular weight excluding hydrogens is 270 g/mol. The molecular formula is C14H15N5O2. The predicted octanol–water partition coefficient (Wildman–Crippen LogP) is 1.71. The van der Waals surface area contributed by atoms with Gasteiger partial charge in [-0.25, -0.2) is 9.67 Å². The molecule has 0 spiro atoms. The van der Waals surface area contributed by atoms with Gasteiger partial charge in [-0.15, -0.1) is 0 Å². The third kappa shape index (κ3) is 2.37. The minimum atomic E-state index is -0.943. The second kappa shape index (κ2) is 5.01. The van der Waals surface area contributed by atoms with Crippen LogP contribution in [0.3, 0.4) is 0 Å². The van der Waals surface area contributed by atoms with Crippen LogP contribution in [0.5, 0.6) is 0 Å². The Hall–Kier alpha value is -2.70. The zero-order valence-electron chi connectivity index (χ0n) is 11.8. The normalized spacial score (nSPS) is 11.1. The second-order valence-corrected chi connectivity index (χ2v) is 4.76. The topological polar surface area (TPSA) is 85.8 Å². The van der Waals surface area contributed by atoms with Crippen LogP contribution in [0.15, 0.2) is 24.4 Å². The van der Waals surface area contributed by atoms with Crippen LogP contribution in [0.4, 0.5) is 0 Å². The Morgan fingerprint density at radius 1 is 1.24 bits per heavy atom. The van der Waals surface area contributed by atoms with Crippen LogP contribution >= 0.6 is 0 Å². The zero-order chi connectivity index (χ0) is 15.0. The molecule has 3 aromatic rings. The first kappa shape index (κ1) is 13.3. The van der Waals surface area contributed by atoms with Crippen LogP contribution in [0, 0.1) is 6.92 Å². The van der Waals surface area contributed by atoms with Crippen molar-refractivity contribution in [2.24, 2.45) is 0 Å². The summed E-state index contributed by atoms with van der Waals surface area (Å²) in [6.45, 7) is 4.44. The standard InChI is InChI=1S/C14H15N5O2/c1-3-18-7-6-12(17-18)11-5-4-10-9(2)16-19(8-13(20)21)14(10)15-11/h4-7H,3,8H2,1-2H3,(H,20,21). The number of hydrogen-bond donors (Lipinski definition) is 1. The van der Waals surface area contributed by atoms with Crippen molar-refractivity contribution in [2.75, 3.05) is 0 Å². The fourth-order valence-corrected chi connectivity index (χ4v) is 2.27. The van der Waals surface area contributed by atoms with Gasteiger partial charge in [0.25, 0.3) is 0 Å². The molecule has 0 saturated carbocycles. The molecule has 21 heavy (non-hydrogen) atoms. The zero-order valence-corrected chi connectivity index (χ0v) is 11.8. The van der Waals surface area contributed by atoms with Crippen molar-refractivity contribution in [3.05, 3.63) is 30.1 Å². The van der Waals surface area contributed by atoms with Crippen LogP contribution in [0.25, 0.3) is 22.4 Å². The molecule has 0 aliphatic heterocycles. The lowest BCUT2D eigenvalue weighted by molar-refractivity contribution is -0.137. The third-order valence-corrected chi connectivity index (χ3v) is 3.29. The van der Waals surface area contributed by atoms with Gasteiger partial charge in [-0.05, 0) is 32.0 Å². The van der Waals surface area contributed by atoms with Gasteiger partial charge in [-0.3, -0.25) is 9.48 Å². The highest BCUT2D eigenvalue weighted by atomic mass is 16.4. The molecule has 0 amide bonds. The smallest absolute Gasteiger partial charge is 0.325 e. The molecule has 0 aliphatic carbocycles. The molecule has 0 saturated heterocycles. The molecule has 108 valence electrons. The molecule has 0 bridgehead atoms. The first-order valence-electron chi connectivity index (χ1n) is 6.68. The Balaban J connectivity index is 2.11. The number of rotatable bonds is 4. The van der Waals surface area contributed by atoms with Crippen molar-refractivity contribution in [2.45, 2.75) is 26.9 Å². The molecule has 3 aromatic heterocycles. The first-order valence-corrected chi connectivity index (χ1v) is 6.68. The summed E-state index contributed by atoms with van der Waals surface area (Å²) in [5.74, 6) is -0.943. The fourth-order valence-electron chi connectivity index (χ4n) is 2.27. The number of aliphatic carboxylic acids is 1. The van der Waals surface area contributed by atoms with Crippen LogP contribution < -0.4 is 0 Å². The Morgan fingerprint density at radius 3 is 2.71 bits per heavy atom. The van der Waals surface area contributed by atoms with Gasteiger partial charge in [0, 0.05) is 18.1 Å². The van der Waals surface area contributed by atoms with E-state index in [-0.39, 0.29) is 6.54 Å². The van der Waals surface area contributed by atoms with E-state index in [0.29, 0.717) is 11.3 Å². The summed E-state index contributed by atoms with van der Waals surface area (Å²) >= 11 is 0. The number of carbonyl (C=O) groups is 1. The molecule has 1 N–H and O–H groups in total. The maximum atomic E-state index is 10.9. The van der Waals surface area contributed by atoms with E-state index in [1.807, 2.05) is 42.9 Å². The quantitative estimate of drug-likeness (QED) is 0.788. The summed E-state index contributed by atoms with van der Waals surface area (Å²) in [5.41, 5.74) is 2.81. The SMILES string of the molecule is CCn1ccc(-c2ccc3c(C)nn(CC(=O)O)c3n2)n1. The minimum absolute atomic E-state index is 0.204. The van der Waals surface area contributed by atoms with Gasteiger partial charge < -0.3 is 5.11 Å². The number of carboxylic acids is 1. The average Bonchev–Trinajstić information content (AvgIpc) is 3.04. The van der Waals surface area contributed by atoms with Gasteiger partial charge in [0.05, 0.1) is 11.4 Å². The maximum absolute atomic E-state index is 10.9. The third-order valence-electron chi connectivity index (χ3n) is 3.29. The van der Waals surface area contributed by atoms with Gasteiger partial charge in [0.2, 0.25) is 0 Å². The van der Waals surface area contributed by atoms with Gasteiger partial charge >= 0.3 is 5.97 Å². The van der Waals surface area contributed by atoms with Gasteiger partial charge in [0.15, 0.2) is 5.65 Å². The van der Waals surface area contributed by atoms with Gasteiger partial charge in [-0.2, -0.15) is 10.2 Å². The number of hydrogen-bond acceptors (Lipinski definition) is 4. The molecule has 0 aromatic carbocycles. The van der Waals surface area contributed by atoms with E-state index < -0.39 is 5.97 Å². The van der Waals surface area contributed by atoms with E-state index in [0.717, 1.165) is 23.3 Å². The summed E-state index contributed by atoms with van der Waals surface area (Å²) in [4.78, 5) is 15.4. The number of pyridine rings is 1. The summed E-state index contributed by atoms with van der Waals surface area (Å²) in [6, 6.07) is 5.68. The number of nitrogens with zero attached hydrogens (tertiary/aromatic N) is 5. The van der Waals surface area contributed by atoms with E-state index in [4.69, 9.17) is 5.11 Å². The summed E-state index contributed by atoms with van der Waals surface area (Å²) in [5, 5.41) is 18.5. The number of aryl methyl sites for hydroxylation is 2. The minimum Gasteiger partial charge on any atom is -0.480 e. The molecule has 0 radical (unpaired) electrons. The van der Waals surface area contributed by atoms with E-state index in [9.17, 15) is 4.79 Å². The molecule has 3 rings (SSSR count). The molecule has 7 nitrogen and oxygen atoms in total. The number of aromatic nitrogens is 5. The van der Waals surface area contributed by atoms with Crippen molar-refractivity contribution in [1.29, 1.82) is 0 Å². The van der Waals surface area contributed by atoms with E-state index in [1.165, 1.54) is 4.68 Å². The monoisotopic (exact) mass is 285 g/mol. The molecule has 0 atom stereocenters. The molecule has 0 aliphatic rings. The first-order chi connectivity index (χ1) is 10.1. The van der Waals surface area contributed by atoms with Crippen molar-refractivity contribution >= 4 is 17.0 Å². The van der Waals surface area contributed by atoms with Crippen LogP contribution in [0.2, 0.25) is 0 Å². The highest BCUT2D eigenvalue weighted by Crippen LogP contribution is 2.21. The largest absolute Gasteiger partial charge is 0.480 e.